The van der Waals surface area contributed by atoms with E-state index in [2.05, 4.69) is 86.7 Å². The van der Waals surface area contributed by atoms with Gasteiger partial charge in [0.05, 0.1) is 0 Å². The zero-order valence-electron chi connectivity index (χ0n) is 20.9. The lowest BCUT2D eigenvalue weighted by Crippen LogP contribution is -2.11. The Balaban J connectivity index is 0.00000141. The van der Waals surface area contributed by atoms with Crippen molar-refractivity contribution in [3.63, 3.8) is 0 Å². The number of hydrogen-bond acceptors (Lipinski definition) is 0. The van der Waals surface area contributed by atoms with Crippen molar-refractivity contribution >= 4 is 0 Å². The van der Waals surface area contributed by atoms with E-state index < -0.39 is 0 Å². The van der Waals surface area contributed by atoms with Crippen molar-refractivity contribution in [3.8, 4) is 11.1 Å². The molecule has 0 spiro atoms. The molecule has 2 aromatic carbocycles. The molecular formula is C32H48. The first-order chi connectivity index (χ1) is 15.8. The van der Waals surface area contributed by atoms with Crippen molar-refractivity contribution < 1.29 is 2.85 Å². The molecule has 0 heterocycles. The first-order valence-corrected chi connectivity index (χ1v) is 13.2. The lowest BCUT2D eigenvalue weighted by molar-refractivity contribution is 0.375. The molecule has 2 aromatic rings. The smallest absolute Gasteiger partial charge is 0 e. The van der Waals surface area contributed by atoms with Crippen LogP contribution in [-0.2, 0) is 0 Å². The summed E-state index contributed by atoms with van der Waals surface area (Å²) in [6.07, 6.45) is 19.9. The van der Waals surface area contributed by atoms with Crippen LogP contribution < -0.4 is 0 Å². The van der Waals surface area contributed by atoms with E-state index in [1.54, 1.807) is 0 Å². The van der Waals surface area contributed by atoms with E-state index in [0.29, 0.717) is 0 Å². The molecule has 0 N–H and O–H groups in total. The number of hydrogen-bond donors (Lipinski definition) is 0. The summed E-state index contributed by atoms with van der Waals surface area (Å²) < 4.78 is 0. The van der Waals surface area contributed by atoms with E-state index in [1.165, 1.54) is 73.6 Å². The van der Waals surface area contributed by atoms with Crippen LogP contribution in [0.2, 0.25) is 0 Å². The predicted octanol–water partition coefficient (Wildman–Crippen LogP) is 10.6. The lowest BCUT2D eigenvalue weighted by atomic mass is 9.78. The van der Waals surface area contributed by atoms with Crippen molar-refractivity contribution in [2.75, 3.05) is 0 Å². The van der Waals surface area contributed by atoms with Gasteiger partial charge in [0.25, 0.3) is 0 Å². The Morgan fingerprint density at radius 2 is 0.844 bits per heavy atom. The Labute approximate surface area is 200 Å². The van der Waals surface area contributed by atoms with E-state index in [4.69, 9.17) is 0 Å². The molecule has 0 atom stereocenters. The molecule has 2 aliphatic carbocycles. The maximum atomic E-state index is 2.40. The molecule has 2 aliphatic rings. The summed E-state index contributed by atoms with van der Waals surface area (Å²) in [5, 5.41) is 0. The Kier molecular flexibility index (Phi) is 9.85. The third kappa shape index (κ3) is 6.47. The molecule has 2 fully saturated rings. The molecule has 0 heteroatoms. The average Bonchev–Trinajstić information content (AvgIpc) is 2.87. The van der Waals surface area contributed by atoms with Crippen LogP contribution >= 0.6 is 0 Å². The van der Waals surface area contributed by atoms with Crippen molar-refractivity contribution in [2.45, 2.75) is 90.9 Å². The Bertz CT molecular complexity index is 758. The molecule has 2 saturated carbocycles. The van der Waals surface area contributed by atoms with Gasteiger partial charge in [0.2, 0.25) is 0 Å². The van der Waals surface area contributed by atoms with Crippen LogP contribution in [-0.4, -0.2) is 0 Å². The SMILES string of the molecule is C/C=C/C1CCC(c2ccc(-c3ccc(C4CCC(/C=C/C)CC4)cc3)cc2)CC1.CC.[HH].[HH]. The highest BCUT2D eigenvalue weighted by molar-refractivity contribution is 5.64. The van der Waals surface area contributed by atoms with E-state index in [-0.39, 0.29) is 2.85 Å². The van der Waals surface area contributed by atoms with Gasteiger partial charge in [-0.1, -0.05) is 86.7 Å². The fourth-order valence-corrected chi connectivity index (χ4v) is 5.73. The van der Waals surface area contributed by atoms with Gasteiger partial charge in [0, 0.05) is 2.85 Å². The maximum Gasteiger partial charge on any atom is 0 e. The van der Waals surface area contributed by atoms with Crippen LogP contribution in [0.15, 0.2) is 72.8 Å². The average molecular weight is 433 g/mol. The van der Waals surface area contributed by atoms with Gasteiger partial charge in [-0.15, -0.1) is 0 Å². The van der Waals surface area contributed by atoms with Crippen molar-refractivity contribution in [2.24, 2.45) is 11.8 Å². The normalized spacial score (nSPS) is 26.1. The highest BCUT2D eigenvalue weighted by Crippen LogP contribution is 2.38. The highest BCUT2D eigenvalue weighted by atomic mass is 14.3. The van der Waals surface area contributed by atoms with Gasteiger partial charge in [-0.2, -0.15) is 0 Å². The number of rotatable bonds is 5. The zero-order valence-corrected chi connectivity index (χ0v) is 20.9. The van der Waals surface area contributed by atoms with E-state index in [0.717, 1.165) is 23.7 Å². The molecule has 0 aliphatic heterocycles. The van der Waals surface area contributed by atoms with Crippen LogP contribution in [0.1, 0.15) is 105 Å². The molecule has 0 aromatic heterocycles. The maximum absolute atomic E-state index is 2.40. The van der Waals surface area contributed by atoms with Crippen LogP contribution in [0.5, 0.6) is 0 Å². The second-order valence-corrected chi connectivity index (χ2v) is 9.52. The Morgan fingerprint density at radius 3 is 1.12 bits per heavy atom. The molecule has 0 saturated heterocycles. The molecule has 176 valence electrons. The second kappa shape index (κ2) is 12.8. The van der Waals surface area contributed by atoms with Gasteiger partial charge in [0.1, 0.15) is 0 Å². The molecule has 0 radical (unpaired) electrons. The summed E-state index contributed by atoms with van der Waals surface area (Å²) in [7, 11) is 0. The summed E-state index contributed by atoms with van der Waals surface area (Å²) in [5.74, 6) is 3.12. The molecule has 32 heavy (non-hydrogen) atoms. The monoisotopic (exact) mass is 432 g/mol. The minimum Gasteiger partial charge on any atom is -0.0914 e. The quantitative estimate of drug-likeness (QED) is 0.412. The summed E-state index contributed by atoms with van der Waals surface area (Å²) in [6.45, 7) is 8.29. The Hall–Kier alpha value is -2.08. The van der Waals surface area contributed by atoms with Crippen molar-refractivity contribution in [1.29, 1.82) is 0 Å². The predicted molar refractivity (Wildman–Crippen MR) is 146 cm³/mol. The third-order valence-electron chi connectivity index (χ3n) is 7.57. The second-order valence-electron chi connectivity index (χ2n) is 9.52. The van der Waals surface area contributed by atoms with Gasteiger partial charge in [-0.05, 0) is 111 Å². The number of benzene rings is 2. The summed E-state index contributed by atoms with van der Waals surface area (Å²) in [5.41, 5.74) is 5.77. The Morgan fingerprint density at radius 1 is 0.531 bits per heavy atom. The molecule has 0 amide bonds. The molecule has 0 nitrogen and oxygen atoms in total. The van der Waals surface area contributed by atoms with E-state index >= 15 is 0 Å². The standard InChI is InChI=1S/C30H38.C2H6.2H2/c1-3-5-23-7-11-25(12-8-23)27-15-19-29(20-16-27)30-21-17-28(18-22-30)26-13-9-24(6-4-2)10-14-26;1-2;;/h3-6,15-26H,7-14H2,1-2H3;1-2H3;2*1H/b5-3+,6-4+;;;. The third-order valence-corrected chi connectivity index (χ3v) is 7.57. The topological polar surface area (TPSA) is 0 Å². The van der Waals surface area contributed by atoms with Gasteiger partial charge in [-0.25, -0.2) is 0 Å². The first-order valence-electron chi connectivity index (χ1n) is 13.2. The van der Waals surface area contributed by atoms with Crippen LogP contribution in [0.25, 0.3) is 11.1 Å². The van der Waals surface area contributed by atoms with Crippen LogP contribution in [0.4, 0.5) is 0 Å². The largest absolute Gasteiger partial charge is 0.0914 e. The molecule has 4 rings (SSSR count). The molecule has 0 bridgehead atoms. The lowest BCUT2D eigenvalue weighted by Gasteiger charge is -2.27. The van der Waals surface area contributed by atoms with Crippen molar-refractivity contribution in [1.82, 2.24) is 0 Å². The van der Waals surface area contributed by atoms with E-state index in [9.17, 15) is 0 Å². The fourth-order valence-electron chi connectivity index (χ4n) is 5.73. The van der Waals surface area contributed by atoms with Crippen molar-refractivity contribution in [3.05, 3.63) is 84.0 Å². The zero-order chi connectivity index (χ0) is 22.8. The van der Waals surface area contributed by atoms with E-state index in [1.807, 2.05) is 13.8 Å². The minimum atomic E-state index is 0. The molecular weight excluding hydrogens is 384 g/mol. The summed E-state index contributed by atoms with van der Waals surface area (Å²) in [4.78, 5) is 0. The summed E-state index contributed by atoms with van der Waals surface area (Å²) >= 11 is 0. The first kappa shape index (κ1) is 24.6. The fraction of sp³-hybridized carbons (Fsp3) is 0.500. The minimum absolute atomic E-state index is 0. The summed E-state index contributed by atoms with van der Waals surface area (Å²) in [6, 6.07) is 18.9. The van der Waals surface area contributed by atoms with Gasteiger partial charge in [0.15, 0.2) is 0 Å². The van der Waals surface area contributed by atoms with Crippen LogP contribution in [0, 0.1) is 11.8 Å². The van der Waals surface area contributed by atoms with Gasteiger partial charge >= 0.3 is 0 Å². The number of allylic oxidation sites excluding steroid dienone is 4. The van der Waals surface area contributed by atoms with Gasteiger partial charge in [-0.3, -0.25) is 0 Å². The highest BCUT2D eigenvalue weighted by Gasteiger charge is 2.22. The molecule has 0 unspecified atom stereocenters. The van der Waals surface area contributed by atoms with Gasteiger partial charge < -0.3 is 0 Å². The van der Waals surface area contributed by atoms with Crippen LogP contribution in [0.3, 0.4) is 0 Å².